The third-order valence-corrected chi connectivity index (χ3v) is 14.9. The number of rotatable bonds is 6. The van der Waals surface area contributed by atoms with Gasteiger partial charge >= 0.3 is 0 Å². The van der Waals surface area contributed by atoms with Gasteiger partial charge in [0.2, 0.25) is 0 Å². The van der Waals surface area contributed by atoms with E-state index in [1.54, 1.807) is 0 Å². The maximum Gasteiger partial charge on any atom is 0.178 e. The van der Waals surface area contributed by atoms with Crippen LogP contribution in [0.25, 0.3) is 109 Å². The van der Waals surface area contributed by atoms with Crippen molar-refractivity contribution in [1.29, 1.82) is 0 Å². The van der Waals surface area contributed by atoms with E-state index in [2.05, 4.69) is 251 Å². The van der Waals surface area contributed by atoms with Crippen LogP contribution in [0.1, 0.15) is 0 Å². The largest absolute Gasteiger partial charge is 0.452 e. The third kappa shape index (κ3) is 5.44. The number of aromatic nitrogens is 2. The van der Waals surface area contributed by atoms with Gasteiger partial charge in [-0.05, 0) is 95.7 Å². The van der Waals surface area contributed by atoms with Gasteiger partial charge in [0.05, 0.1) is 11.4 Å². The maximum absolute atomic E-state index is 7.17. The molecule has 0 bridgehead atoms. The van der Waals surface area contributed by atoms with E-state index >= 15 is 0 Å². The minimum atomic E-state index is 0.737. The topological polar surface area (TPSA) is 42.6 Å². The van der Waals surface area contributed by atoms with Crippen LogP contribution in [0, 0.1) is 0 Å². The first kappa shape index (κ1) is 38.8. The van der Waals surface area contributed by atoms with Gasteiger partial charge in [-0.25, -0.2) is 0 Å². The highest BCUT2D eigenvalue weighted by Crippen LogP contribution is 2.50. The highest BCUT2D eigenvalue weighted by Gasteiger charge is 2.26. The molecular formula is C64H42N4O2. The minimum Gasteiger partial charge on any atom is -0.452 e. The zero-order valence-corrected chi connectivity index (χ0v) is 38.4. The Balaban J connectivity index is 0.963. The molecule has 0 aliphatic heterocycles. The van der Waals surface area contributed by atoms with E-state index in [0.717, 1.165) is 99.5 Å². The Kier molecular flexibility index (Phi) is 8.10. The first-order valence-electron chi connectivity index (χ1n) is 23.9. The SMILES string of the molecule is Cn1c2ccccc2c2cc(N(c3ccccc3)c3cc4oc5c(ccc6c5oc5cc(N(c7ccccc7)c7ccc8c(c7)c7ccccc7n8C)c7ccccc7c56)c4c4ccccc34)ccc21. The molecule has 4 aromatic heterocycles. The smallest absolute Gasteiger partial charge is 0.178 e. The molecule has 15 rings (SSSR count). The van der Waals surface area contributed by atoms with Gasteiger partial charge in [0.25, 0.3) is 0 Å². The average molecular weight is 899 g/mol. The fourth-order valence-electron chi connectivity index (χ4n) is 11.7. The van der Waals surface area contributed by atoms with Crippen LogP contribution in [0.4, 0.5) is 34.1 Å². The van der Waals surface area contributed by atoms with Crippen LogP contribution in [0.2, 0.25) is 0 Å². The van der Waals surface area contributed by atoms with Crippen molar-refractivity contribution in [1.82, 2.24) is 9.13 Å². The van der Waals surface area contributed by atoms with Gasteiger partial charge in [-0.3, -0.25) is 0 Å². The van der Waals surface area contributed by atoms with E-state index in [9.17, 15) is 0 Å². The summed E-state index contributed by atoms with van der Waals surface area (Å²) in [6.45, 7) is 0. The highest BCUT2D eigenvalue weighted by atomic mass is 16.4. The number of fused-ring (bicyclic) bond motifs is 17. The van der Waals surface area contributed by atoms with E-state index in [0.29, 0.717) is 0 Å². The summed E-state index contributed by atoms with van der Waals surface area (Å²) in [4.78, 5) is 4.74. The Labute approximate surface area is 401 Å². The van der Waals surface area contributed by atoms with Gasteiger partial charge in [0, 0.05) is 125 Å². The zero-order chi connectivity index (χ0) is 46.2. The summed E-state index contributed by atoms with van der Waals surface area (Å²) in [6.07, 6.45) is 0. The fourth-order valence-corrected chi connectivity index (χ4v) is 11.7. The molecule has 0 atom stereocenters. The molecule has 4 heterocycles. The molecule has 0 radical (unpaired) electrons. The molecule has 0 N–H and O–H groups in total. The summed E-state index contributed by atoms with van der Waals surface area (Å²) in [6, 6.07) is 78.6. The van der Waals surface area contributed by atoms with Crippen LogP contribution in [-0.2, 0) is 14.1 Å². The molecule has 0 aliphatic carbocycles. The van der Waals surface area contributed by atoms with Gasteiger partial charge in [0.15, 0.2) is 11.2 Å². The van der Waals surface area contributed by atoms with Crippen LogP contribution < -0.4 is 9.80 Å². The molecule has 0 fully saturated rings. The lowest BCUT2D eigenvalue weighted by atomic mass is 9.98. The van der Waals surface area contributed by atoms with E-state index < -0.39 is 0 Å². The lowest BCUT2D eigenvalue weighted by Gasteiger charge is -2.27. The maximum atomic E-state index is 7.17. The molecule has 0 spiro atoms. The Hall–Kier alpha value is -9.26. The number of hydrogen-bond acceptors (Lipinski definition) is 4. The van der Waals surface area contributed by atoms with Gasteiger partial charge in [-0.2, -0.15) is 0 Å². The van der Waals surface area contributed by atoms with Crippen LogP contribution in [-0.4, -0.2) is 9.13 Å². The van der Waals surface area contributed by atoms with Gasteiger partial charge < -0.3 is 27.8 Å². The molecule has 0 saturated heterocycles. The van der Waals surface area contributed by atoms with Crippen molar-refractivity contribution in [2.24, 2.45) is 14.1 Å². The fraction of sp³-hybridized carbons (Fsp3) is 0.0312. The van der Waals surface area contributed by atoms with Gasteiger partial charge in [-0.1, -0.05) is 121 Å². The third-order valence-electron chi connectivity index (χ3n) is 14.9. The van der Waals surface area contributed by atoms with Crippen LogP contribution in [0.3, 0.4) is 0 Å². The molecule has 11 aromatic carbocycles. The predicted molar refractivity (Wildman–Crippen MR) is 293 cm³/mol. The Morgan fingerprint density at radius 3 is 1.07 bits per heavy atom. The Bertz CT molecular complexity index is 4340. The number of aryl methyl sites for hydroxylation is 2. The molecule has 0 amide bonds. The van der Waals surface area contributed by atoms with Crippen molar-refractivity contribution in [3.63, 3.8) is 0 Å². The van der Waals surface area contributed by atoms with Crippen molar-refractivity contribution in [2.75, 3.05) is 9.80 Å². The number of para-hydroxylation sites is 4. The Morgan fingerprint density at radius 1 is 0.286 bits per heavy atom. The lowest BCUT2D eigenvalue weighted by molar-refractivity contribution is 0.633. The molecular weight excluding hydrogens is 857 g/mol. The molecule has 0 unspecified atom stereocenters. The lowest BCUT2D eigenvalue weighted by Crippen LogP contribution is -2.10. The summed E-state index contributed by atoms with van der Waals surface area (Å²) < 4.78 is 18.9. The molecule has 0 saturated carbocycles. The average Bonchev–Trinajstić information content (AvgIpc) is 4.15. The van der Waals surface area contributed by atoms with Crippen molar-refractivity contribution >= 4 is 143 Å². The number of hydrogen-bond donors (Lipinski definition) is 0. The van der Waals surface area contributed by atoms with Gasteiger partial charge in [-0.15, -0.1) is 0 Å². The number of nitrogens with zero attached hydrogens (tertiary/aromatic N) is 4. The summed E-state index contributed by atoms with van der Waals surface area (Å²) in [5.74, 6) is 0. The quantitative estimate of drug-likeness (QED) is 0.167. The number of benzene rings is 11. The molecule has 6 heteroatoms. The van der Waals surface area contributed by atoms with Crippen molar-refractivity contribution in [3.05, 3.63) is 218 Å². The highest BCUT2D eigenvalue weighted by molar-refractivity contribution is 6.30. The summed E-state index contributed by atoms with van der Waals surface area (Å²) in [5.41, 5.74) is 14.2. The predicted octanol–water partition coefficient (Wildman–Crippen LogP) is 18.0. The molecule has 330 valence electrons. The summed E-state index contributed by atoms with van der Waals surface area (Å²) in [7, 11) is 4.30. The molecule has 0 aliphatic rings. The molecule has 70 heavy (non-hydrogen) atoms. The first-order chi connectivity index (χ1) is 34.6. The van der Waals surface area contributed by atoms with Crippen LogP contribution >= 0.6 is 0 Å². The van der Waals surface area contributed by atoms with Crippen molar-refractivity contribution in [3.8, 4) is 0 Å². The second-order valence-electron chi connectivity index (χ2n) is 18.5. The molecule has 6 nitrogen and oxygen atoms in total. The first-order valence-corrected chi connectivity index (χ1v) is 23.9. The van der Waals surface area contributed by atoms with E-state index in [4.69, 9.17) is 8.83 Å². The molecule has 15 aromatic rings. The van der Waals surface area contributed by atoms with E-state index in [1.165, 1.54) is 43.6 Å². The van der Waals surface area contributed by atoms with Crippen LogP contribution in [0.15, 0.2) is 227 Å². The minimum absolute atomic E-state index is 0.737. The zero-order valence-electron chi connectivity index (χ0n) is 38.4. The van der Waals surface area contributed by atoms with Gasteiger partial charge in [0.1, 0.15) is 11.2 Å². The van der Waals surface area contributed by atoms with E-state index in [1.807, 2.05) is 0 Å². The van der Waals surface area contributed by atoms with E-state index in [-0.39, 0.29) is 0 Å². The monoisotopic (exact) mass is 898 g/mol. The number of anilines is 6. The standard InChI is InChI=1S/C64H42N4O2/c1-65-53-27-15-13-23-45(53)51-35-41(29-33-55(51)65)67(39-17-5-3-6-18-39)57-37-59-61(47-25-11-9-21-43(47)57)49-31-32-50-62-48-26-12-10-22-44(48)58(38-60(62)70-64(50)63(49)69-59)68(40-19-7-4-8-20-40)42-30-34-56-52(36-42)46-24-14-16-28-54(46)66(56)2/h3-38H,1-2H3. The van der Waals surface area contributed by atoms with Crippen molar-refractivity contribution in [2.45, 2.75) is 0 Å². The summed E-state index contributed by atoms with van der Waals surface area (Å²) >= 11 is 0. The summed E-state index contributed by atoms with van der Waals surface area (Å²) in [5, 5.41) is 13.6. The number of furan rings is 2. The second kappa shape index (κ2) is 14.6. The normalized spacial score (nSPS) is 12.1. The second-order valence-corrected chi connectivity index (χ2v) is 18.5. The van der Waals surface area contributed by atoms with Crippen molar-refractivity contribution < 1.29 is 8.83 Å². The Morgan fingerprint density at radius 2 is 0.643 bits per heavy atom. The van der Waals surface area contributed by atoms with Crippen LogP contribution in [0.5, 0.6) is 0 Å².